The van der Waals surface area contributed by atoms with E-state index in [2.05, 4.69) is 27.5 Å². The smallest absolute Gasteiger partial charge is 0.243 e. The Kier molecular flexibility index (Phi) is 8.14. The van der Waals surface area contributed by atoms with Crippen LogP contribution in [0, 0.1) is 5.92 Å². The van der Waals surface area contributed by atoms with E-state index in [9.17, 15) is 4.79 Å². The monoisotopic (exact) mass is 367 g/mol. The summed E-state index contributed by atoms with van der Waals surface area (Å²) in [5.41, 5.74) is 0. The Labute approximate surface area is 153 Å². The molecule has 2 N–H and O–H groups in total. The second kappa shape index (κ2) is 10.4. The predicted octanol–water partition coefficient (Wildman–Crippen LogP) is 0.908. The van der Waals surface area contributed by atoms with E-state index in [1.165, 1.54) is 4.88 Å². The maximum Gasteiger partial charge on any atom is 0.243 e. The highest BCUT2D eigenvalue weighted by Gasteiger charge is 2.16. The third kappa shape index (κ3) is 6.99. The topological polar surface area (TPSA) is 78.9 Å². The molecule has 0 saturated carbocycles. The minimum Gasteiger partial charge on any atom is -0.381 e. The summed E-state index contributed by atoms with van der Waals surface area (Å²) in [6.07, 6.45) is 4.88. The van der Waals surface area contributed by atoms with E-state index in [0.717, 1.165) is 50.6 Å². The number of ether oxygens (including phenoxy) is 1. The number of guanidine groups is 1. The zero-order chi connectivity index (χ0) is 18.1. The number of hydrogen-bond donors (Lipinski definition) is 2. The first-order chi connectivity index (χ1) is 12.1. The number of rotatable bonds is 8. The molecule has 1 aromatic heterocycles. The Morgan fingerprint density at radius 1 is 1.48 bits per heavy atom. The number of thiazole rings is 1. The molecule has 1 atom stereocenters. The summed E-state index contributed by atoms with van der Waals surface area (Å²) < 4.78 is 5.40. The Balaban J connectivity index is 1.83. The maximum atomic E-state index is 11.8. The van der Waals surface area contributed by atoms with Crippen molar-refractivity contribution in [2.24, 2.45) is 10.9 Å². The lowest BCUT2D eigenvalue weighted by molar-refractivity contribution is -0.127. The molecule has 0 radical (unpaired) electrons. The number of nitrogens with zero attached hydrogens (tertiary/aromatic N) is 3. The number of nitrogens with one attached hydrogen (secondary N) is 2. The van der Waals surface area contributed by atoms with E-state index in [-0.39, 0.29) is 12.5 Å². The lowest BCUT2D eigenvalue weighted by Gasteiger charge is -2.15. The van der Waals surface area contributed by atoms with E-state index in [1.807, 2.05) is 6.20 Å². The summed E-state index contributed by atoms with van der Waals surface area (Å²) in [7, 11) is 3.48. The number of amides is 1. The minimum absolute atomic E-state index is 0.0159. The second-order valence-electron chi connectivity index (χ2n) is 6.31. The first kappa shape index (κ1) is 19.7. The fourth-order valence-electron chi connectivity index (χ4n) is 2.36. The molecule has 0 spiro atoms. The number of aliphatic imine (C=N–C) groups is 1. The SMILES string of the molecule is CCc1cnc(CCNC(=NCC(=O)N(C)C)NCC2CCOC2)s1. The predicted molar refractivity (Wildman–Crippen MR) is 101 cm³/mol. The van der Waals surface area contributed by atoms with Crippen molar-refractivity contribution in [3.8, 4) is 0 Å². The van der Waals surface area contributed by atoms with Gasteiger partial charge in [-0.2, -0.15) is 0 Å². The Hall–Kier alpha value is -1.67. The number of carbonyl (C=O) groups excluding carboxylic acids is 1. The summed E-state index contributed by atoms with van der Waals surface area (Å²) in [6.45, 7) is 5.43. The normalized spacial score (nSPS) is 17.6. The first-order valence-electron chi connectivity index (χ1n) is 8.82. The third-order valence-corrected chi connectivity index (χ3v) is 5.24. The summed E-state index contributed by atoms with van der Waals surface area (Å²) in [5.74, 6) is 1.16. The van der Waals surface area contributed by atoms with Gasteiger partial charge in [0, 0.05) is 57.2 Å². The average Bonchev–Trinajstić information content (AvgIpc) is 3.27. The van der Waals surface area contributed by atoms with E-state index in [0.29, 0.717) is 11.9 Å². The summed E-state index contributed by atoms with van der Waals surface area (Å²) >= 11 is 1.75. The van der Waals surface area contributed by atoms with Crippen molar-refractivity contribution in [3.05, 3.63) is 16.1 Å². The van der Waals surface area contributed by atoms with Crippen molar-refractivity contribution < 1.29 is 9.53 Å². The molecular weight excluding hydrogens is 338 g/mol. The van der Waals surface area contributed by atoms with Gasteiger partial charge in [0.2, 0.25) is 5.91 Å². The zero-order valence-electron chi connectivity index (χ0n) is 15.4. The van der Waals surface area contributed by atoms with Crippen molar-refractivity contribution >= 4 is 23.2 Å². The molecule has 1 unspecified atom stereocenters. The molecule has 7 nitrogen and oxygen atoms in total. The number of likely N-dealkylation sites (N-methyl/N-ethyl adjacent to an activating group) is 1. The molecule has 8 heteroatoms. The quantitative estimate of drug-likeness (QED) is 0.527. The number of hydrogen-bond acceptors (Lipinski definition) is 5. The van der Waals surface area contributed by atoms with Gasteiger partial charge in [-0.05, 0) is 12.8 Å². The molecule has 1 aliphatic heterocycles. The molecule has 25 heavy (non-hydrogen) atoms. The molecule has 2 heterocycles. The van der Waals surface area contributed by atoms with Gasteiger partial charge in [-0.15, -0.1) is 11.3 Å². The highest BCUT2D eigenvalue weighted by Crippen LogP contribution is 2.13. The van der Waals surface area contributed by atoms with Gasteiger partial charge in [0.25, 0.3) is 0 Å². The Morgan fingerprint density at radius 2 is 2.32 bits per heavy atom. The van der Waals surface area contributed by atoms with Gasteiger partial charge in [0.1, 0.15) is 6.54 Å². The molecule has 1 aromatic rings. The lowest BCUT2D eigenvalue weighted by Crippen LogP contribution is -2.41. The van der Waals surface area contributed by atoms with Crippen LogP contribution in [0.3, 0.4) is 0 Å². The van der Waals surface area contributed by atoms with Crippen molar-refractivity contribution in [1.29, 1.82) is 0 Å². The first-order valence-corrected chi connectivity index (χ1v) is 9.63. The molecule has 0 aromatic carbocycles. The van der Waals surface area contributed by atoms with Gasteiger partial charge in [-0.1, -0.05) is 6.92 Å². The second-order valence-corrected chi connectivity index (χ2v) is 7.51. The van der Waals surface area contributed by atoms with E-state index >= 15 is 0 Å². The van der Waals surface area contributed by atoms with Gasteiger partial charge < -0.3 is 20.3 Å². The van der Waals surface area contributed by atoms with Crippen molar-refractivity contribution in [2.45, 2.75) is 26.2 Å². The van der Waals surface area contributed by atoms with Crippen LogP contribution < -0.4 is 10.6 Å². The van der Waals surface area contributed by atoms with Crippen molar-refractivity contribution in [2.75, 3.05) is 46.9 Å². The molecular formula is C17H29N5O2S. The van der Waals surface area contributed by atoms with E-state index in [1.54, 1.807) is 30.3 Å². The Bertz CT molecular complexity index is 567. The molecule has 140 valence electrons. The fourth-order valence-corrected chi connectivity index (χ4v) is 3.22. The van der Waals surface area contributed by atoms with Crippen LogP contribution in [0.1, 0.15) is 23.2 Å². The minimum atomic E-state index is -0.0159. The maximum absolute atomic E-state index is 11.8. The van der Waals surface area contributed by atoms with Gasteiger partial charge >= 0.3 is 0 Å². The number of aromatic nitrogens is 1. The van der Waals surface area contributed by atoms with Crippen molar-refractivity contribution in [1.82, 2.24) is 20.5 Å². The van der Waals surface area contributed by atoms with Crippen LogP contribution in [0.15, 0.2) is 11.2 Å². The number of aryl methyl sites for hydroxylation is 1. The highest BCUT2D eigenvalue weighted by molar-refractivity contribution is 7.11. The number of carbonyl (C=O) groups is 1. The zero-order valence-corrected chi connectivity index (χ0v) is 16.2. The van der Waals surface area contributed by atoms with Gasteiger partial charge in [-0.3, -0.25) is 4.79 Å². The van der Waals surface area contributed by atoms with Crippen LogP contribution in [0.25, 0.3) is 0 Å². The summed E-state index contributed by atoms with van der Waals surface area (Å²) in [4.78, 5) is 23.5. The lowest BCUT2D eigenvalue weighted by atomic mass is 10.1. The molecule has 1 aliphatic rings. The van der Waals surface area contributed by atoms with Gasteiger partial charge in [0.15, 0.2) is 5.96 Å². The summed E-state index contributed by atoms with van der Waals surface area (Å²) in [5, 5.41) is 7.76. The highest BCUT2D eigenvalue weighted by atomic mass is 32.1. The van der Waals surface area contributed by atoms with Crippen LogP contribution in [0.4, 0.5) is 0 Å². The van der Waals surface area contributed by atoms with Crippen LogP contribution in [0.5, 0.6) is 0 Å². The van der Waals surface area contributed by atoms with E-state index in [4.69, 9.17) is 4.74 Å². The fraction of sp³-hybridized carbons (Fsp3) is 0.706. The molecule has 1 amide bonds. The molecule has 2 rings (SSSR count). The van der Waals surface area contributed by atoms with Gasteiger partial charge in [-0.25, -0.2) is 9.98 Å². The third-order valence-electron chi connectivity index (χ3n) is 4.03. The van der Waals surface area contributed by atoms with E-state index < -0.39 is 0 Å². The largest absolute Gasteiger partial charge is 0.381 e. The molecule has 0 bridgehead atoms. The molecule has 1 saturated heterocycles. The molecule has 0 aliphatic carbocycles. The molecule has 1 fully saturated rings. The van der Waals surface area contributed by atoms with Gasteiger partial charge in [0.05, 0.1) is 11.6 Å². The average molecular weight is 368 g/mol. The van der Waals surface area contributed by atoms with Crippen LogP contribution in [-0.4, -0.2) is 68.7 Å². The van der Waals surface area contributed by atoms with Crippen molar-refractivity contribution in [3.63, 3.8) is 0 Å². The van der Waals surface area contributed by atoms with Crippen LogP contribution in [-0.2, 0) is 22.4 Å². The van der Waals surface area contributed by atoms with Crippen LogP contribution >= 0.6 is 11.3 Å². The van der Waals surface area contributed by atoms with Crippen LogP contribution in [0.2, 0.25) is 0 Å². The summed E-state index contributed by atoms with van der Waals surface area (Å²) in [6, 6.07) is 0. The standard InChI is InChI=1S/C17H29N5O2S/c1-4-14-10-19-15(25-14)5-7-18-17(21-11-16(23)22(2)3)20-9-13-6-8-24-12-13/h10,13H,4-9,11-12H2,1-3H3,(H2,18,20,21). The Morgan fingerprint density at radius 3 is 2.96 bits per heavy atom.